The summed E-state index contributed by atoms with van der Waals surface area (Å²) in [4.78, 5) is 22.3. The number of nitro benzene ring substituents is 1. The molecule has 0 aromatic heterocycles. The van der Waals surface area contributed by atoms with E-state index in [0.717, 1.165) is 16.8 Å². The third-order valence-electron chi connectivity index (χ3n) is 3.71. The van der Waals surface area contributed by atoms with E-state index in [2.05, 4.69) is 10.5 Å². The number of halogens is 1. The third-order valence-corrected chi connectivity index (χ3v) is 4.03. The number of benzene rings is 3. The number of nitrogens with zero attached hydrogens (tertiary/aromatic N) is 2. The molecular weight excluding hydrogens is 358 g/mol. The molecule has 0 aliphatic carbocycles. The Morgan fingerprint density at radius 1 is 1.19 bits per heavy atom. The van der Waals surface area contributed by atoms with Gasteiger partial charge in [-0.25, -0.2) is 5.43 Å². The first-order valence-corrected chi connectivity index (χ1v) is 7.83. The van der Waals surface area contributed by atoms with Crippen molar-refractivity contribution in [2.75, 3.05) is 0 Å². The molecule has 0 fully saturated rings. The summed E-state index contributed by atoms with van der Waals surface area (Å²) in [6.07, 6.45) is 1.32. The number of carbonyl (C=O) groups is 1. The Morgan fingerprint density at radius 3 is 2.73 bits per heavy atom. The van der Waals surface area contributed by atoms with Gasteiger partial charge in [-0.1, -0.05) is 41.9 Å². The SMILES string of the molecule is O=C(N/N=C/c1c(O)ccc2ccccc12)c1ccc(Cl)c([N+](=O)[O-])c1. The lowest BCUT2D eigenvalue weighted by Crippen LogP contribution is -2.17. The predicted octanol–water partition coefficient (Wildman–Crippen LogP) is 3.87. The number of nitro groups is 1. The van der Waals surface area contributed by atoms with E-state index < -0.39 is 10.8 Å². The maximum absolute atomic E-state index is 12.1. The molecule has 0 saturated heterocycles. The molecule has 8 heteroatoms. The van der Waals surface area contributed by atoms with Crippen molar-refractivity contribution >= 4 is 40.2 Å². The maximum atomic E-state index is 12.1. The normalized spacial score (nSPS) is 11.0. The van der Waals surface area contributed by atoms with Crippen LogP contribution in [0.2, 0.25) is 5.02 Å². The molecule has 26 heavy (non-hydrogen) atoms. The topological polar surface area (TPSA) is 105 Å². The molecule has 0 aliphatic rings. The summed E-state index contributed by atoms with van der Waals surface area (Å²) in [6.45, 7) is 0. The number of hydrogen-bond donors (Lipinski definition) is 2. The number of rotatable bonds is 4. The van der Waals surface area contributed by atoms with E-state index >= 15 is 0 Å². The molecule has 0 bridgehead atoms. The first-order valence-electron chi connectivity index (χ1n) is 7.45. The second-order valence-corrected chi connectivity index (χ2v) is 5.75. The van der Waals surface area contributed by atoms with E-state index in [0.29, 0.717) is 5.56 Å². The van der Waals surface area contributed by atoms with Crippen LogP contribution in [0.25, 0.3) is 10.8 Å². The summed E-state index contributed by atoms with van der Waals surface area (Å²) >= 11 is 5.72. The minimum atomic E-state index is -0.670. The fourth-order valence-corrected chi connectivity index (χ4v) is 2.62. The first-order chi connectivity index (χ1) is 12.5. The van der Waals surface area contributed by atoms with Crippen molar-refractivity contribution in [3.8, 4) is 5.75 Å². The van der Waals surface area contributed by atoms with Crippen LogP contribution in [0.5, 0.6) is 5.75 Å². The van der Waals surface area contributed by atoms with E-state index in [1.54, 1.807) is 6.07 Å². The van der Waals surface area contributed by atoms with Crippen molar-refractivity contribution in [1.29, 1.82) is 0 Å². The molecule has 0 atom stereocenters. The van der Waals surface area contributed by atoms with E-state index in [1.807, 2.05) is 24.3 Å². The maximum Gasteiger partial charge on any atom is 0.288 e. The lowest BCUT2D eigenvalue weighted by molar-refractivity contribution is -0.384. The molecule has 2 N–H and O–H groups in total. The van der Waals surface area contributed by atoms with Gasteiger partial charge in [0.15, 0.2) is 0 Å². The molecule has 0 unspecified atom stereocenters. The average Bonchev–Trinajstić information content (AvgIpc) is 2.63. The van der Waals surface area contributed by atoms with Crippen molar-refractivity contribution in [3.63, 3.8) is 0 Å². The lowest BCUT2D eigenvalue weighted by atomic mass is 10.0. The largest absolute Gasteiger partial charge is 0.507 e. The molecule has 3 rings (SSSR count). The van der Waals surface area contributed by atoms with Crippen LogP contribution in [0, 0.1) is 10.1 Å². The van der Waals surface area contributed by atoms with Gasteiger partial charge in [0, 0.05) is 17.2 Å². The standard InChI is InChI=1S/C18H12ClN3O4/c19-15-7-5-12(9-16(15)22(25)26)18(24)21-20-10-14-13-4-2-1-3-11(13)6-8-17(14)23/h1-10,23H,(H,21,24)/b20-10+. The second kappa shape index (κ2) is 7.20. The summed E-state index contributed by atoms with van der Waals surface area (Å²) < 4.78 is 0. The van der Waals surface area contributed by atoms with Gasteiger partial charge >= 0.3 is 0 Å². The Balaban J connectivity index is 1.83. The van der Waals surface area contributed by atoms with Gasteiger partial charge in [0.2, 0.25) is 0 Å². The molecule has 0 radical (unpaired) electrons. The van der Waals surface area contributed by atoms with Gasteiger partial charge in [0.1, 0.15) is 10.8 Å². The van der Waals surface area contributed by atoms with Crippen molar-refractivity contribution in [3.05, 3.63) is 80.9 Å². The van der Waals surface area contributed by atoms with Crippen molar-refractivity contribution in [2.45, 2.75) is 0 Å². The average molecular weight is 370 g/mol. The molecule has 7 nitrogen and oxygen atoms in total. The van der Waals surface area contributed by atoms with Crippen LogP contribution in [-0.2, 0) is 0 Å². The molecule has 0 heterocycles. The molecular formula is C18H12ClN3O4. The highest BCUT2D eigenvalue weighted by molar-refractivity contribution is 6.32. The van der Waals surface area contributed by atoms with E-state index in [9.17, 15) is 20.0 Å². The van der Waals surface area contributed by atoms with Gasteiger partial charge in [-0.2, -0.15) is 5.10 Å². The smallest absolute Gasteiger partial charge is 0.288 e. The van der Waals surface area contributed by atoms with E-state index in [4.69, 9.17) is 11.6 Å². The summed E-state index contributed by atoms with van der Waals surface area (Å²) in [5.74, 6) is -0.621. The summed E-state index contributed by atoms with van der Waals surface area (Å²) in [5.41, 5.74) is 2.40. The Bertz CT molecular complexity index is 1050. The van der Waals surface area contributed by atoms with Gasteiger partial charge in [-0.3, -0.25) is 14.9 Å². The Hall–Kier alpha value is -3.45. The highest BCUT2D eigenvalue weighted by Gasteiger charge is 2.16. The van der Waals surface area contributed by atoms with Gasteiger partial charge in [0.25, 0.3) is 11.6 Å². The minimum Gasteiger partial charge on any atom is -0.507 e. The number of phenols is 1. The molecule has 0 saturated carbocycles. The van der Waals surface area contributed by atoms with Crippen LogP contribution >= 0.6 is 11.6 Å². The fourth-order valence-electron chi connectivity index (χ4n) is 2.43. The number of amides is 1. The van der Waals surface area contributed by atoms with Crippen LogP contribution in [-0.4, -0.2) is 22.2 Å². The number of carbonyl (C=O) groups excluding carboxylic acids is 1. The zero-order chi connectivity index (χ0) is 18.7. The predicted molar refractivity (Wildman–Crippen MR) is 98.8 cm³/mol. The highest BCUT2D eigenvalue weighted by Crippen LogP contribution is 2.26. The van der Waals surface area contributed by atoms with Gasteiger partial charge in [-0.15, -0.1) is 0 Å². The molecule has 0 aliphatic heterocycles. The zero-order valence-electron chi connectivity index (χ0n) is 13.2. The second-order valence-electron chi connectivity index (χ2n) is 5.34. The number of hydrazone groups is 1. The van der Waals surface area contributed by atoms with Crippen LogP contribution in [0.4, 0.5) is 5.69 Å². The summed E-state index contributed by atoms with van der Waals surface area (Å²) in [5, 5.41) is 26.4. The zero-order valence-corrected chi connectivity index (χ0v) is 14.0. The molecule has 3 aromatic rings. The minimum absolute atomic E-state index is 0.0174. The first kappa shape index (κ1) is 17.4. The highest BCUT2D eigenvalue weighted by atomic mass is 35.5. The molecule has 1 amide bonds. The summed E-state index contributed by atoms with van der Waals surface area (Å²) in [7, 11) is 0. The Kier molecular flexibility index (Phi) is 4.81. The third kappa shape index (κ3) is 3.47. The van der Waals surface area contributed by atoms with Crippen molar-refractivity contribution < 1.29 is 14.8 Å². The lowest BCUT2D eigenvalue weighted by Gasteiger charge is -2.05. The number of nitrogens with one attached hydrogen (secondary N) is 1. The molecule has 130 valence electrons. The quantitative estimate of drug-likeness (QED) is 0.413. The molecule has 3 aromatic carbocycles. The molecule has 0 spiro atoms. The van der Waals surface area contributed by atoms with E-state index in [-0.39, 0.29) is 22.0 Å². The Morgan fingerprint density at radius 2 is 1.96 bits per heavy atom. The van der Waals surface area contributed by atoms with Crippen LogP contribution < -0.4 is 5.43 Å². The van der Waals surface area contributed by atoms with Crippen LogP contribution in [0.1, 0.15) is 15.9 Å². The van der Waals surface area contributed by atoms with Gasteiger partial charge in [0.05, 0.1) is 11.1 Å². The van der Waals surface area contributed by atoms with Gasteiger partial charge < -0.3 is 5.11 Å². The number of hydrogen-bond acceptors (Lipinski definition) is 5. The van der Waals surface area contributed by atoms with Crippen molar-refractivity contribution in [2.24, 2.45) is 5.10 Å². The monoisotopic (exact) mass is 369 g/mol. The van der Waals surface area contributed by atoms with Crippen LogP contribution in [0.3, 0.4) is 0 Å². The number of phenolic OH excluding ortho intramolecular Hbond substituents is 1. The van der Waals surface area contributed by atoms with E-state index in [1.165, 1.54) is 24.4 Å². The Labute approximate surface area is 152 Å². The fraction of sp³-hybridized carbons (Fsp3) is 0. The number of fused-ring (bicyclic) bond motifs is 1. The van der Waals surface area contributed by atoms with Crippen LogP contribution in [0.15, 0.2) is 59.7 Å². The number of aromatic hydroxyl groups is 1. The summed E-state index contributed by atoms with van der Waals surface area (Å²) in [6, 6.07) is 14.4. The van der Waals surface area contributed by atoms with Gasteiger partial charge in [-0.05, 0) is 29.0 Å². The van der Waals surface area contributed by atoms with Crippen molar-refractivity contribution in [1.82, 2.24) is 5.43 Å².